The first-order valence-corrected chi connectivity index (χ1v) is 16.2. The van der Waals surface area contributed by atoms with Crippen LogP contribution in [0.15, 0.2) is 18.2 Å². The lowest BCUT2D eigenvalue weighted by Gasteiger charge is -2.24. The summed E-state index contributed by atoms with van der Waals surface area (Å²) in [6.07, 6.45) is 22.2. The summed E-state index contributed by atoms with van der Waals surface area (Å²) in [7, 11) is -2.19. The number of hydrogen-bond acceptors (Lipinski definition) is 2. The summed E-state index contributed by atoms with van der Waals surface area (Å²) in [6.45, 7) is 9.32. The molecule has 0 aliphatic heterocycles. The van der Waals surface area contributed by atoms with Crippen molar-refractivity contribution in [3.63, 3.8) is 0 Å². The molecule has 0 spiro atoms. The minimum atomic E-state index is -2.19. The van der Waals surface area contributed by atoms with E-state index in [2.05, 4.69) is 26.9 Å². The van der Waals surface area contributed by atoms with Gasteiger partial charge >= 0.3 is 8.56 Å². The average Bonchev–Trinajstić information content (AvgIpc) is 2.72. The zero-order valence-electron chi connectivity index (χ0n) is 20.9. The summed E-state index contributed by atoms with van der Waals surface area (Å²) in [6, 6.07) is 5.89. The number of rotatable bonds is 20. The van der Waals surface area contributed by atoms with E-state index in [9.17, 15) is 0 Å². The van der Waals surface area contributed by atoms with E-state index in [1.807, 2.05) is 18.2 Å². The van der Waals surface area contributed by atoms with E-state index < -0.39 is 8.56 Å². The topological polar surface area (TPSA) is 18.5 Å². The molecule has 0 N–H and O–H groups in total. The lowest BCUT2D eigenvalue weighted by Crippen LogP contribution is -2.38. The van der Waals surface area contributed by atoms with Crippen LogP contribution >= 0.6 is 11.6 Å². The van der Waals surface area contributed by atoms with Crippen LogP contribution in [-0.2, 0) is 4.43 Å². The molecule has 1 rings (SSSR count). The Labute approximate surface area is 199 Å². The lowest BCUT2D eigenvalue weighted by atomic mass is 10.0. The van der Waals surface area contributed by atoms with Crippen molar-refractivity contribution in [3.05, 3.63) is 28.8 Å². The van der Waals surface area contributed by atoms with Gasteiger partial charge in [-0.05, 0) is 44.1 Å². The number of aryl methyl sites for hydroxylation is 1. The van der Waals surface area contributed by atoms with Gasteiger partial charge < -0.3 is 8.85 Å². The molecule has 0 unspecified atom stereocenters. The molecule has 0 amide bonds. The molecule has 0 heterocycles. The zero-order valence-corrected chi connectivity index (χ0v) is 22.7. The summed E-state index contributed by atoms with van der Waals surface area (Å²) in [5.74, 6) is 0.755. The van der Waals surface area contributed by atoms with E-state index in [4.69, 9.17) is 20.5 Å². The number of unbranched alkanes of at least 4 members (excludes halogenated alkanes) is 15. The number of benzene rings is 1. The molecule has 31 heavy (non-hydrogen) atoms. The molecule has 0 saturated heterocycles. The van der Waals surface area contributed by atoms with Gasteiger partial charge in [-0.25, -0.2) is 0 Å². The fourth-order valence-corrected chi connectivity index (χ4v) is 5.57. The Bertz CT molecular complexity index is 562. The summed E-state index contributed by atoms with van der Waals surface area (Å²) in [4.78, 5) is 0. The van der Waals surface area contributed by atoms with Crippen molar-refractivity contribution in [2.24, 2.45) is 0 Å². The van der Waals surface area contributed by atoms with E-state index in [0.29, 0.717) is 5.02 Å². The van der Waals surface area contributed by atoms with E-state index in [1.165, 1.54) is 96.3 Å². The van der Waals surface area contributed by atoms with Crippen molar-refractivity contribution in [1.82, 2.24) is 0 Å². The third-order valence-electron chi connectivity index (χ3n) is 5.89. The zero-order chi connectivity index (χ0) is 22.8. The van der Waals surface area contributed by atoms with Crippen LogP contribution in [0.3, 0.4) is 0 Å². The van der Waals surface area contributed by atoms with Crippen molar-refractivity contribution in [1.29, 1.82) is 0 Å². The van der Waals surface area contributed by atoms with Gasteiger partial charge in [-0.15, -0.1) is 0 Å². The summed E-state index contributed by atoms with van der Waals surface area (Å²) < 4.78 is 12.2. The van der Waals surface area contributed by atoms with Crippen molar-refractivity contribution in [2.45, 2.75) is 130 Å². The quantitative estimate of drug-likeness (QED) is 0.140. The standard InChI is InChI=1S/C27H49ClO2Si/c1-5-6-7-8-9-10-11-12-13-14-15-16-17-18-19-20-23-29-31(3,4)30-27-24-25(2)21-22-26(27)28/h21-22,24H,5-20,23H2,1-4H3. The molecular formula is C27H49ClO2Si. The van der Waals surface area contributed by atoms with Gasteiger partial charge in [0.1, 0.15) is 5.75 Å². The van der Waals surface area contributed by atoms with Crippen molar-refractivity contribution < 1.29 is 8.85 Å². The van der Waals surface area contributed by atoms with Gasteiger partial charge in [-0.2, -0.15) is 0 Å². The highest BCUT2D eigenvalue weighted by atomic mass is 35.5. The highest BCUT2D eigenvalue weighted by Gasteiger charge is 2.27. The maximum Gasteiger partial charge on any atom is 0.392 e. The van der Waals surface area contributed by atoms with Gasteiger partial charge in [-0.1, -0.05) is 121 Å². The third-order valence-corrected chi connectivity index (χ3v) is 7.81. The Hall–Kier alpha value is -0.513. The highest BCUT2D eigenvalue weighted by molar-refractivity contribution is 6.65. The summed E-state index contributed by atoms with van der Waals surface area (Å²) >= 11 is 6.25. The monoisotopic (exact) mass is 468 g/mol. The van der Waals surface area contributed by atoms with E-state index >= 15 is 0 Å². The van der Waals surface area contributed by atoms with Crippen molar-refractivity contribution in [2.75, 3.05) is 6.61 Å². The van der Waals surface area contributed by atoms with Gasteiger partial charge in [-0.3, -0.25) is 0 Å². The molecule has 4 heteroatoms. The van der Waals surface area contributed by atoms with E-state index in [1.54, 1.807) is 0 Å². The maximum absolute atomic E-state index is 6.25. The Morgan fingerprint density at radius 1 is 0.710 bits per heavy atom. The van der Waals surface area contributed by atoms with Crippen molar-refractivity contribution in [3.8, 4) is 5.75 Å². The van der Waals surface area contributed by atoms with E-state index in [0.717, 1.165) is 24.3 Å². The molecule has 2 nitrogen and oxygen atoms in total. The van der Waals surface area contributed by atoms with Gasteiger partial charge in [0.05, 0.1) is 5.02 Å². The minimum absolute atomic E-state index is 0.664. The molecule has 0 atom stereocenters. The first-order valence-electron chi connectivity index (χ1n) is 13.0. The Morgan fingerprint density at radius 2 is 1.16 bits per heavy atom. The molecule has 0 aliphatic rings. The van der Waals surface area contributed by atoms with Crippen molar-refractivity contribution >= 4 is 20.2 Å². The van der Waals surface area contributed by atoms with Crippen LogP contribution in [0.2, 0.25) is 18.1 Å². The molecule has 1 aromatic carbocycles. The second-order valence-corrected chi connectivity index (χ2v) is 13.3. The lowest BCUT2D eigenvalue weighted by molar-refractivity contribution is 0.240. The van der Waals surface area contributed by atoms with Crippen LogP contribution in [0.1, 0.15) is 115 Å². The SMILES string of the molecule is CCCCCCCCCCCCCCCCCCO[Si](C)(C)Oc1cc(C)ccc1Cl. The van der Waals surface area contributed by atoms with Crippen LogP contribution in [0, 0.1) is 6.92 Å². The number of halogens is 1. The fourth-order valence-electron chi connectivity index (χ4n) is 3.95. The fraction of sp³-hybridized carbons (Fsp3) is 0.778. The van der Waals surface area contributed by atoms with Crippen LogP contribution < -0.4 is 4.43 Å². The first-order chi connectivity index (χ1) is 14.9. The molecule has 0 fully saturated rings. The number of hydrogen-bond donors (Lipinski definition) is 0. The van der Waals surface area contributed by atoms with Gasteiger partial charge in [0.2, 0.25) is 0 Å². The molecule has 0 radical (unpaired) electrons. The second-order valence-electron chi connectivity index (χ2n) is 9.59. The van der Waals surface area contributed by atoms with Gasteiger partial charge in [0.25, 0.3) is 0 Å². The first kappa shape index (κ1) is 28.5. The summed E-state index contributed by atoms with van der Waals surface area (Å²) in [5.41, 5.74) is 1.15. The highest BCUT2D eigenvalue weighted by Crippen LogP contribution is 2.28. The molecule has 180 valence electrons. The predicted octanol–water partition coefficient (Wildman–Crippen LogP) is 10.0. The smallest absolute Gasteiger partial charge is 0.392 e. The van der Waals surface area contributed by atoms with Crippen LogP contribution in [-0.4, -0.2) is 15.2 Å². The molecule has 1 aromatic rings. The third kappa shape index (κ3) is 15.9. The average molecular weight is 469 g/mol. The molecule has 0 aromatic heterocycles. The molecular weight excluding hydrogens is 420 g/mol. The maximum atomic E-state index is 6.25. The van der Waals surface area contributed by atoms with Gasteiger partial charge in [0, 0.05) is 6.61 Å². The summed E-state index contributed by atoms with van der Waals surface area (Å²) in [5, 5.41) is 0.664. The minimum Gasteiger partial charge on any atom is -0.519 e. The van der Waals surface area contributed by atoms with Crippen LogP contribution in [0.5, 0.6) is 5.75 Å². The van der Waals surface area contributed by atoms with E-state index in [-0.39, 0.29) is 0 Å². The molecule has 0 bridgehead atoms. The predicted molar refractivity (Wildman–Crippen MR) is 140 cm³/mol. The Balaban J connectivity index is 1.90. The Morgan fingerprint density at radius 3 is 1.65 bits per heavy atom. The van der Waals surface area contributed by atoms with Crippen LogP contribution in [0.25, 0.3) is 0 Å². The normalized spacial score (nSPS) is 11.8. The second kappa shape index (κ2) is 18.0. The largest absolute Gasteiger partial charge is 0.519 e. The molecule has 0 saturated carbocycles. The van der Waals surface area contributed by atoms with Gasteiger partial charge in [0.15, 0.2) is 0 Å². The van der Waals surface area contributed by atoms with Crippen LogP contribution in [0.4, 0.5) is 0 Å². The molecule has 0 aliphatic carbocycles. The Kier molecular flexibility index (Phi) is 16.5.